The highest BCUT2D eigenvalue weighted by Crippen LogP contribution is 2.14. The third kappa shape index (κ3) is 4.26. The van der Waals surface area contributed by atoms with Crippen molar-refractivity contribution in [2.24, 2.45) is 0 Å². The van der Waals surface area contributed by atoms with Gasteiger partial charge in [-0.3, -0.25) is 19.8 Å². The van der Waals surface area contributed by atoms with Gasteiger partial charge in [-0.05, 0) is 6.42 Å². The Morgan fingerprint density at radius 2 is 2.11 bits per heavy atom. The van der Waals surface area contributed by atoms with Crippen LogP contribution in [-0.4, -0.2) is 55.2 Å². The van der Waals surface area contributed by atoms with E-state index in [4.69, 9.17) is 0 Å². The number of piperazine rings is 1. The Labute approximate surface area is 102 Å². The van der Waals surface area contributed by atoms with Crippen LogP contribution in [0.1, 0.15) is 13.3 Å². The fraction of sp³-hybridized carbons (Fsp3) is 0.800. The van der Waals surface area contributed by atoms with Crippen LogP contribution in [0.5, 0.6) is 0 Å². The molecule has 1 atom stereocenters. The Morgan fingerprint density at radius 1 is 1.44 bits per heavy atom. The molecule has 1 heterocycles. The molecule has 1 rings (SSSR count). The van der Waals surface area contributed by atoms with E-state index in [0.717, 1.165) is 4.90 Å². The number of ether oxygens (including phenoxy) is 1. The van der Waals surface area contributed by atoms with Crippen LogP contribution in [-0.2, 0) is 14.3 Å². The van der Waals surface area contributed by atoms with E-state index in [0.29, 0.717) is 6.42 Å². The Kier molecular flexibility index (Phi) is 5.09. The van der Waals surface area contributed by atoms with Crippen molar-refractivity contribution in [3.8, 4) is 0 Å². The van der Waals surface area contributed by atoms with Gasteiger partial charge in [0.2, 0.25) is 11.8 Å². The zero-order chi connectivity index (χ0) is 13.8. The number of hydrogen-bond acceptors (Lipinski definition) is 4. The summed E-state index contributed by atoms with van der Waals surface area (Å²) in [5.74, 6) is -0.857. The molecule has 1 N–H and O–H groups in total. The summed E-state index contributed by atoms with van der Waals surface area (Å²) in [6, 6.07) is -0.453. The second-order valence-corrected chi connectivity index (χ2v) is 3.89. The molecule has 0 aromatic heterocycles. The van der Waals surface area contributed by atoms with Crippen LogP contribution in [0.15, 0.2) is 0 Å². The van der Waals surface area contributed by atoms with Crippen LogP contribution < -0.4 is 5.32 Å². The molecule has 0 spiro atoms. The molecular weight excluding hydrogens is 253 g/mol. The van der Waals surface area contributed by atoms with E-state index in [1.54, 1.807) is 6.92 Å². The molecule has 1 aliphatic rings. The lowest BCUT2D eigenvalue weighted by Crippen LogP contribution is -2.58. The first kappa shape index (κ1) is 14.9. The van der Waals surface area contributed by atoms with Gasteiger partial charge in [0, 0.05) is 0 Å². The number of alkyl halides is 3. The highest BCUT2D eigenvalue weighted by atomic mass is 19.4. The molecule has 5 nitrogen and oxygen atoms in total. The summed E-state index contributed by atoms with van der Waals surface area (Å²) >= 11 is 0. The van der Waals surface area contributed by atoms with E-state index in [2.05, 4.69) is 10.1 Å². The van der Waals surface area contributed by atoms with Crippen molar-refractivity contribution in [2.75, 3.05) is 26.3 Å². The summed E-state index contributed by atoms with van der Waals surface area (Å²) in [6.07, 6.45) is -3.88. The van der Waals surface area contributed by atoms with Gasteiger partial charge in [0.05, 0.1) is 25.7 Å². The van der Waals surface area contributed by atoms with Gasteiger partial charge in [-0.1, -0.05) is 6.92 Å². The normalized spacial score (nSPS) is 21.6. The number of carbonyl (C=O) groups is 2. The Morgan fingerprint density at radius 3 is 2.67 bits per heavy atom. The van der Waals surface area contributed by atoms with Gasteiger partial charge >= 0.3 is 6.18 Å². The molecule has 104 valence electrons. The highest BCUT2D eigenvalue weighted by molar-refractivity contribution is 6.01. The maximum Gasteiger partial charge on any atom is 0.411 e. The Bertz CT molecular complexity index is 320. The molecule has 18 heavy (non-hydrogen) atoms. The standard InChI is InChI=1S/C10H15F3N2O3/c1-2-7-9(17)15(8(16)5-14-7)3-4-18-6-10(11,12)13/h7,14H,2-6H2,1H3. The van der Waals surface area contributed by atoms with E-state index in [1.807, 2.05) is 0 Å². The van der Waals surface area contributed by atoms with Crippen molar-refractivity contribution in [1.82, 2.24) is 10.2 Å². The van der Waals surface area contributed by atoms with Gasteiger partial charge in [0.25, 0.3) is 0 Å². The molecule has 1 saturated heterocycles. The van der Waals surface area contributed by atoms with Gasteiger partial charge in [-0.15, -0.1) is 0 Å². The zero-order valence-corrected chi connectivity index (χ0v) is 9.92. The summed E-state index contributed by atoms with van der Waals surface area (Å²) in [6.45, 7) is -0.0365. The number of rotatable bonds is 5. The van der Waals surface area contributed by atoms with Crippen molar-refractivity contribution in [3.63, 3.8) is 0 Å². The SMILES string of the molecule is CCC1NCC(=O)N(CCOCC(F)(F)F)C1=O. The van der Waals surface area contributed by atoms with Crippen LogP contribution in [0.3, 0.4) is 0 Å². The topological polar surface area (TPSA) is 58.6 Å². The van der Waals surface area contributed by atoms with E-state index in [-0.39, 0.29) is 19.7 Å². The van der Waals surface area contributed by atoms with Gasteiger partial charge in [-0.25, -0.2) is 0 Å². The van der Waals surface area contributed by atoms with E-state index in [9.17, 15) is 22.8 Å². The number of nitrogens with one attached hydrogen (secondary N) is 1. The predicted octanol–water partition coefficient (Wildman–Crippen LogP) is 0.302. The first-order valence-electron chi connectivity index (χ1n) is 5.57. The highest BCUT2D eigenvalue weighted by Gasteiger charge is 2.33. The van der Waals surface area contributed by atoms with Gasteiger partial charge < -0.3 is 4.74 Å². The lowest BCUT2D eigenvalue weighted by Gasteiger charge is -2.30. The first-order chi connectivity index (χ1) is 8.35. The maximum absolute atomic E-state index is 11.8. The number of nitrogens with zero attached hydrogens (tertiary/aromatic N) is 1. The molecule has 0 aromatic rings. The van der Waals surface area contributed by atoms with Crippen molar-refractivity contribution in [3.05, 3.63) is 0 Å². The molecule has 0 aliphatic carbocycles. The van der Waals surface area contributed by atoms with Gasteiger partial charge in [-0.2, -0.15) is 13.2 Å². The second-order valence-electron chi connectivity index (χ2n) is 3.89. The van der Waals surface area contributed by atoms with Gasteiger partial charge in [0.1, 0.15) is 6.61 Å². The molecular formula is C10H15F3N2O3. The molecule has 0 aromatic carbocycles. The van der Waals surface area contributed by atoms with Crippen LogP contribution in [0, 0.1) is 0 Å². The number of imide groups is 1. The van der Waals surface area contributed by atoms with Crippen LogP contribution >= 0.6 is 0 Å². The molecule has 8 heteroatoms. The molecule has 2 amide bonds. The fourth-order valence-electron chi connectivity index (χ4n) is 1.60. The minimum absolute atomic E-state index is 0.0174. The summed E-state index contributed by atoms with van der Waals surface area (Å²) in [5, 5.41) is 2.75. The summed E-state index contributed by atoms with van der Waals surface area (Å²) in [5.41, 5.74) is 0. The average Bonchev–Trinajstić information content (AvgIpc) is 2.26. The third-order valence-electron chi connectivity index (χ3n) is 2.50. The third-order valence-corrected chi connectivity index (χ3v) is 2.50. The number of carbonyl (C=O) groups excluding carboxylic acids is 2. The number of hydrogen-bond donors (Lipinski definition) is 1. The van der Waals surface area contributed by atoms with Crippen LogP contribution in [0.25, 0.3) is 0 Å². The maximum atomic E-state index is 11.8. The quantitative estimate of drug-likeness (QED) is 0.575. The summed E-state index contributed by atoms with van der Waals surface area (Å²) in [7, 11) is 0. The summed E-state index contributed by atoms with van der Waals surface area (Å²) in [4.78, 5) is 24.1. The number of halogens is 3. The summed E-state index contributed by atoms with van der Waals surface area (Å²) < 4.78 is 39.8. The predicted molar refractivity (Wildman–Crippen MR) is 55.7 cm³/mol. The Balaban J connectivity index is 2.39. The van der Waals surface area contributed by atoms with Crippen molar-refractivity contribution < 1.29 is 27.5 Å². The molecule has 1 unspecified atom stereocenters. The molecule has 0 radical (unpaired) electrons. The van der Waals surface area contributed by atoms with Crippen molar-refractivity contribution in [2.45, 2.75) is 25.6 Å². The van der Waals surface area contributed by atoms with Crippen molar-refractivity contribution >= 4 is 11.8 Å². The van der Waals surface area contributed by atoms with Crippen LogP contribution in [0.2, 0.25) is 0 Å². The molecule has 0 bridgehead atoms. The Hall–Kier alpha value is -1.15. The average molecular weight is 268 g/mol. The lowest BCUT2D eigenvalue weighted by atomic mass is 10.1. The minimum Gasteiger partial charge on any atom is -0.370 e. The molecule has 0 saturated carbocycles. The lowest BCUT2D eigenvalue weighted by molar-refractivity contribution is -0.175. The zero-order valence-electron chi connectivity index (χ0n) is 9.92. The second kappa shape index (κ2) is 6.14. The minimum atomic E-state index is -4.40. The van der Waals surface area contributed by atoms with E-state index < -0.39 is 30.6 Å². The fourth-order valence-corrected chi connectivity index (χ4v) is 1.60. The molecule has 1 fully saturated rings. The van der Waals surface area contributed by atoms with Crippen molar-refractivity contribution in [1.29, 1.82) is 0 Å². The van der Waals surface area contributed by atoms with E-state index in [1.165, 1.54) is 0 Å². The smallest absolute Gasteiger partial charge is 0.370 e. The largest absolute Gasteiger partial charge is 0.411 e. The van der Waals surface area contributed by atoms with Crippen LogP contribution in [0.4, 0.5) is 13.2 Å². The first-order valence-corrected chi connectivity index (χ1v) is 5.57. The van der Waals surface area contributed by atoms with Gasteiger partial charge in [0.15, 0.2) is 0 Å². The molecule has 1 aliphatic heterocycles. The monoisotopic (exact) mass is 268 g/mol. The number of amides is 2. The van der Waals surface area contributed by atoms with E-state index >= 15 is 0 Å².